The number of fused-ring (bicyclic) bond motifs is 1. The van der Waals surface area contributed by atoms with Gasteiger partial charge in [-0.15, -0.1) is 15.3 Å². The van der Waals surface area contributed by atoms with Crippen LogP contribution >= 0.6 is 0 Å². The Bertz CT molecular complexity index is 981. The van der Waals surface area contributed by atoms with Gasteiger partial charge in [0.25, 0.3) is 5.91 Å². The molecule has 140 valence electrons. The van der Waals surface area contributed by atoms with Gasteiger partial charge in [0.05, 0.1) is 11.8 Å². The van der Waals surface area contributed by atoms with E-state index in [2.05, 4.69) is 20.4 Å². The Morgan fingerprint density at radius 3 is 2.67 bits per heavy atom. The van der Waals surface area contributed by atoms with Crippen LogP contribution in [0.3, 0.4) is 0 Å². The van der Waals surface area contributed by atoms with E-state index in [4.69, 9.17) is 9.52 Å². The summed E-state index contributed by atoms with van der Waals surface area (Å²) in [5.74, 6) is 3.03. The summed E-state index contributed by atoms with van der Waals surface area (Å²) >= 11 is 0. The lowest BCUT2D eigenvalue weighted by Crippen LogP contribution is -2.45. The lowest BCUT2D eigenvalue weighted by molar-refractivity contribution is 0.0929. The summed E-state index contributed by atoms with van der Waals surface area (Å²) in [6.45, 7) is 3.52. The van der Waals surface area contributed by atoms with Crippen molar-refractivity contribution in [2.24, 2.45) is 0 Å². The minimum Gasteiger partial charge on any atom is -0.469 e. The van der Waals surface area contributed by atoms with Crippen molar-refractivity contribution in [1.82, 2.24) is 25.1 Å². The zero-order valence-corrected chi connectivity index (χ0v) is 15.3. The first-order chi connectivity index (χ1) is 13.2. The van der Waals surface area contributed by atoms with Crippen molar-refractivity contribution in [1.29, 1.82) is 0 Å². The van der Waals surface area contributed by atoms with Crippen molar-refractivity contribution in [2.45, 2.75) is 44.6 Å². The van der Waals surface area contributed by atoms with Crippen molar-refractivity contribution < 1.29 is 9.21 Å². The third-order valence-corrected chi connectivity index (χ3v) is 5.47. The third-order valence-electron chi connectivity index (χ3n) is 5.47. The third kappa shape index (κ3) is 3.05. The summed E-state index contributed by atoms with van der Waals surface area (Å²) in [7, 11) is 0. The monoisotopic (exact) mass is 366 g/mol. The predicted molar refractivity (Wildman–Crippen MR) is 98.9 cm³/mol. The maximum Gasteiger partial charge on any atom is 0.255 e. The topological polar surface area (TPSA) is 88.6 Å². The second kappa shape index (κ2) is 6.37. The highest BCUT2D eigenvalue weighted by Crippen LogP contribution is 2.38. The van der Waals surface area contributed by atoms with Crippen LogP contribution in [-0.4, -0.2) is 44.8 Å². The molecule has 1 saturated carbocycles. The molecule has 0 spiro atoms. The SMILES string of the molecule is Cc1occc1C(=O)NC1CCN(c2ccc3nnc(C4CC4)n3n2)CC1. The summed E-state index contributed by atoms with van der Waals surface area (Å²) in [6.07, 6.45) is 5.68. The Hall–Kier alpha value is -2.90. The Morgan fingerprint density at radius 2 is 1.96 bits per heavy atom. The zero-order valence-electron chi connectivity index (χ0n) is 15.3. The quantitative estimate of drug-likeness (QED) is 0.762. The van der Waals surface area contributed by atoms with E-state index >= 15 is 0 Å². The highest BCUT2D eigenvalue weighted by molar-refractivity contribution is 5.95. The van der Waals surface area contributed by atoms with Gasteiger partial charge in [0.1, 0.15) is 11.6 Å². The first kappa shape index (κ1) is 16.3. The molecule has 1 aliphatic carbocycles. The first-order valence-corrected chi connectivity index (χ1v) is 9.51. The van der Waals surface area contributed by atoms with Crippen LogP contribution in [0.2, 0.25) is 0 Å². The Balaban J connectivity index is 1.25. The Labute approximate surface area is 156 Å². The maximum absolute atomic E-state index is 12.4. The number of piperidine rings is 1. The minimum atomic E-state index is -0.0576. The van der Waals surface area contributed by atoms with E-state index in [0.29, 0.717) is 17.2 Å². The van der Waals surface area contributed by atoms with Crippen molar-refractivity contribution in [3.05, 3.63) is 41.6 Å². The molecule has 1 N–H and O–H groups in total. The van der Waals surface area contributed by atoms with Gasteiger partial charge in [0.15, 0.2) is 11.5 Å². The molecule has 0 aromatic carbocycles. The van der Waals surface area contributed by atoms with Crippen molar-refractivity contribution >= 4 is 17.4 Å². The molecule has 8 heteroatoms. The van der Waals surface area contributed by atoms with E-state index < -0.39 is 0 Å². The van der Waals surface area contributed by atoms with Gasteiger partial charge in [-0.25, -0.2) is 0 Å². The largest absolute Gasteiger partial charge is 0.469 e. The standard InChI is InChI=1S/C19H22N6O2/c1-12-15(8-11-27-12)19(26)20-14-6-9-24(10-7-14)17-5-4-16-21-22-18(13-2-3-13)25(16)23-17/h4-5,8,11,13-14H,2-3,6-7,9-10H2,1H3,(H,20,26). The van der Waals surface area contributed by atoms with Gasteiger partial charge in [-0.1, -0.05) is 0 Å². The zero-order chi connectivity index (χ0) is 18.4. The molecule has 8 nitrogen and oxygen atoms in total. The van der Waals surface area contributed by atoms with Gasteiger partial charge in [-0.3, -0.25) is 4.79 Å². The van der Waals surface area contributed by atoms with Crippen LogP contribution < -0.4 is 10.2 Å². The number of carbonyl (C=O) groups is 1. The Morgan fingerprint density at radius 1 is 1.15 bits per heavy atom. The second-order valence-corrected chi connectivity index (χ2v) is 7.42. The van der Waals surface area contributed by atoms with Crippen LogP contribution in [0.5, 0.6) is 0 Å². The molecule has 3 aromatic heterocycles. The van der Waals surface area contributed by atoms with Crippen LogP contribution in [0, 0.1) is 6.92 Å². The van der Waals surface area contributed by atoms with E-state index in [0.717, 1.165) is 43.2 Å². The van der Waals surface area contributed by atoms with Gasteiger partial charge < -0.3 is 14.6 Å². The molecule has 5 rings (SSSR count). The molecule has 4 heterocycles. The van der Waals surface area contributed by atoms with E-state index in [1.807, 2.05) is 16.6 Å². The summed E-state index contributed by atoms with van der Waals surface area (Å²) in [5, 5.41) is 16.4. The molecule has 2 aliphatic rings. The fraction of sp³-hybridized carbons (Fsp3) is 0.474. The number of hydrogen-bond donors (Lipinski definition) is 1. The second-order valence-electron chi connectivity index (χ2n) is 7.42. The number of aryl methyl sites for hydroxylation is 1. The fourth-order valence-electron chi connectivity index (χ4n) is 3.70. The van der Waals surface area contributed by atoms with E-state index in [-0.39, 0.29) is 11.9 Å². The molecule has 0 atom stereocenters. The maximum atomic E-state index is 12.4. The molecular formula is C19H22N6O2. The molecule has 0 unspecified atom stereocenters. The Kier molecular flexibility index (Phi) is 3.84. The molecule has 1 saturated heterocycles. The summed E-state index contributed by atoms with van der Waals surface area (Å²) < 4.78 is 7.11. The van der Waals surface area contributed by atoms with Crippen LogP contribution in [-0.2, 0) is 0 Å². The lowest BCUT2D eigenvalue weighted by atomic mass is 10.0. The molecular weight excluding hydrogens is 344 g/mol. The number of anilines is 1. The average Bonchev–Trinajstić information content (AvgIpc) is 3.29. The van der Waals surface area contributed by atoms with Gasteiger partial charge in [-0.2, -0.15) is 4.52 Å². The van der Waals surface area contributed by atoms with Crippen LogP contribution in [0.1, 0.15) is 53.5 Å². The lowest BCUT2D eigenvalue weighted by Gasteiger charge is -2.33. The number of rotatable bonds is 4. The van der Waals surface area contributed by atoms with Crippen LogP contribution in [0.25, 0.3) is 5.65 Å². The van der Waals surface area contributed by atoms with E-state index in [1.54, 1.807) is 19.3 Å². The van der Waals surface area contributed by atoms with Crippen molar-refractivity contribution in [3.63, 3.8) is 0 Å². The van der Waals surface area contributed by atoms with E-state index in [1.165, 1.54) is 12.8 Å². The highest BCUT2D eigenvalue weighted by atomic mass is 16.3. The molecule has 1 amide bonds. The molecule has 2 fully saturated rings. The van der Waals surface area contributed by atoms with Crippen molar-refractivity contribution in [2.75, 3.05) is 18.0 Å². The molecule has 1 aliphatic heterocycles. The van der Waals surface area contributed by atoms with Gasteiger partial charge >= 0.3 is 0 Å². The summed E-state index contributed by atoms with van der Waals surface area (Å²) in [6, 6.07) is 5.88. The molecule has 3 aromatic rings. The number of nitrogens with zero attached hydrogens (tertiary/aromatic N) is 5. The van der Waals surface area contributed by atoms with Crippen LogP contribution in [0.4, 0.5) is 5.82 Å². The summed E-state index contributed by atoms with van der Waals surface area (Å²) in [4.78, 5) is 14.6. The number of furan rings is 1. The molecule has 0 bridgehead atoms. The molecule has 27 heavy (non-hydrogen) atoms. The van der Waals surface area contributed by atoms with Gasteiger partial charge in [-0.05, 0) is 50.8 Å². The van der Waals surface area contributed by atoms with Crippen molar-refractivity contribution in [3.8, 4) is 0 Å². The van der Waals surface area contributed by atoms with Crippen LogP contribution in [0.15, 0.2) is 28.9 Å². The first-order valence-electron chi connectivity index (χ1n) is 9.51. The van der Waals surface area contributed by atoms with Gasteiger partial charge in [0, 0.05) is 25.0 Å². The number of aromatic nitrogens is 4. The number of amides is 1. The van der Waals surface area contributed by atoms with Gasteiger partial charge in [0.2, 0.25) is 0 Å². The number of carbonyl (C=O) groups excluding carboxylic acids is 1. The normalized spacial score (nSPS) is 18.2. The number of hydrogen-bond acceptors (Lipinski definition) is 6. The average molecular weight is 366 g/mol. The number of nitrogens with one attached hydrogen (secondary N) is 1. The summed E-state index contributed by atoms with van der Waals surface area (Å²) in [5.41, 5.74) is 1.42. The van der Waals surface area contributed by atoms with E-state index in [9.17, 15) is 4.79 Å². The minimum absolute atomic E-state index is 0.0576. The predicted octanol–water partition coefficient (Wildman–Crippen LogP) is 2.30. The molecule has 0 radical (unpaired) electrons. The highest BCUT2D eigenvalue weighted by Gasteiger charge is 2.30. The fourth-order valence-corrected chi connectivity index (χ4v) is 3.70. The smallest absolute Gasteiger partial charge is 0.255 e.